The molecule has 3 heterocycles. The highest BCUT2D eigenvalue weighted by Crippen LogP contribution is 2.57. The molecule has 0 saturated heterocycles. The Morgan fingerprint density at radius 2 is 0.589 bits per heavy atom. The number of benzene rings is 14. The van der Waals surface area contributed by atoms with E-state index in [0.717, 1.165) is 134 Å². The first-order valence-electron chi connectivity index (χ1n) is 39.5. The number of para-hydroxylation sites is 2. The number of rotatable bonds is 10. The number of hydrogen-bond donors (Lipinski definition) is 0. The molecule has 0 radical (unpaired) electrons. The Labute approximate surface area is 662 Å². The number of nitriles is 2. The predicted octanol–water partition coefficient (Wildman–Crippen LogP) is 26.8. The second-order valence-electron chi connectivity index (χ2n) is 36.0. The van der Waals surface area contributed by atoms with Crippen molar-refractivity contribution < 1.29 is 0 Å². The monoisotopic (exact) mass is 1450 g/mol. The van der Waals surface area contributed by atoms with E-state index < -0.39 is 5.41 Å². The molecule has 14 aromatic carbocycles. The Bertz CT molecular complexity index is 6250. The van der Waals surface area contributed by atoms with Crippen LogP contribution in [0.3, 0.4) is 0 Å². The molecule has 2 aliphatic rings. The summed E-state index contributed by atoms with van der Waals surface area (Å²) < 4.78 is 2.48. The Hall–Kier alpha value is -12.5. The van der Waals surface area contributed by atoms with E-state index in [1.807, 2.05) is 24.3 Å². The van der Waals surface area contributed by atoms with Crippen molar-refractivity contribution in [2.45, 2.75) is 131 Å². The minimum absolute atomic E-state index is 0.228. The lowest BCUT2D eigenvalue weighted by molar-refractivity contribution is 0.568. The summed E-state index contributed by atoms with van der Waals surface area (Å²) in [6.45, 7) is 34.8. The van der Waals surface area contributed by atoms with E-state index in [1.54, 1.807) is 0 Å². The maximum absolute atomic E-state index is 11.2. The van der Waals surface area contributed by atoms with E-state index in [1.165, 1.54) is 49.5 Å². The van der Waals surface area contributed by atoms with Gasteiger partial charge in [-0.3, -0.25) is 0 Å². The molecule has 0 aliphatic carbocycles. The number of hydrogen-bond acceptors (Lipinski definition) is 4. The van der Waals surface area contributed by atoms with Crippen LogP contribution < -0.4 is 26.2 Å². The zero-order chi connectivity index (χ0) is 78.1. The molecule has 6 heteroatoms. The molecule has 546 valence electrons. The van der Waals surface area contributed by atoms with Crippen molar-refractivity contribution in [3.8, 4) is 95.7 Å². The van der Waals surface area contributed by atoms with Crippen LogP contribution >= 0.6 is 0 Å². The summed E-state index contributed by atoms with van der Waals surface area (Å²) in [6, 6.07) is 116. The first-order chi connectivity index (χ1) is 53.6. The van der Waals surface area contributed by atoms with Crippen LogP contribution in [-0.2, 0) is 27.1 Å². The first-order valence-corrected chi connectivity index (χ1v) is 39.5. The summed E-state index contributed by atoms with van der Waals surface area (Å²) in [6.07, 6.45) is 0. The molecule has 0 saturated carbocycles. The van der Waals surface area contributed by atoms with E-state index in [-0.39, 0.29) is 28.4 Å². The van der Waals surface area contributed by atoms with E-state index >= 15 is 0 Å². The van der Waals surface area contributed by atoms with Crippen molar-refractivity contribution in [2.24, 2.45) is 0 Å². The van der Waals surface area contributed by atoms with Crippen molar-refractivity contribution in [3.05, 3.63) is 336 Å². The van der Waals surface area contributed by atoms with Gasteiger partial charge in [-0.1, -0.05) is 322 Å². The number of nitrogens with zero attached hydrogens (tertiary/aromatic N) is 5. The fourth-order valence-corrected chi connectivity index (χ4v) is 17.2. The quantitative estimate of drug-likeness (QED) is 0.128. The standard InChI is InChI=1S/C106H94BN5/c1-102(2,3)77-51-73(52-78(60-77)103(4,5)6)89-57-75(83-41-27-25-39-71(83)65-108)55-87(68-35-21-17-22-36-68)100(89)111-95-59-70(67-33-19-16-20-34-67)47-49-91(95)107-92-50-48-82(110-93-45-31-29-43-85(93)86-44-30-32-46-94(86)110)64-96(92)112(98-63-81(106(13,14)15)62-97(111)99(98)107)101-88(69-37-23-18-24-38-69)56-76(84-42-28-26-40-72(84)66-109)58-90(101)74-53-79(104(7,8)9)61-80(54-74)105(10,11)12/h16-64H,1-15H3. The molecule has 0 spiro atoms. The van der Waals surface area contributed by atoms with Crippen LogP contribution in [0.2, 0.25) is 0 Å². The van der Waals surface area contributed by atoms with Crippen molar-refractivity contribution in [1.82, 2.24) is 4.57 Å². The third kappa shape index (κ3) is 12.7. The largest absolute Gasteiger partial charge is 0.310 e. The summed E-state index contributed by atoms with van der Waals surface area (Å²) in [4.78, 5) is 5.38. The van der Waals surface area contributed by atoms with Crippen LogP contribution in [0.5, 0.6) is 0 Å². The van der Waals surface area contributed by atoms with Crippen LogP contribution in [0, 0.1) is 22.7 Å². The summed E-state index contributed by atoms with van der Waals surface area (Å²) in [5, 5.41) is 24.7. The lowest BCUT2D eigenvalue weighted by Crippen LogP contribution is -2.61. The lowest BCUT2D eigenvalue weighted by atomic mass is 9.33. The third-order valence-electron chi connectivity index (χ3n) is 23.4. The molecule has 1 aromatic heterocycles. The molecule has 2 aliphatic heterocycles. The molecule has 0 bridgehead atoms. The average molecular weight is 1450 g/mol. The van der Waals surface area contributed by atoms with Crippen LogP contribution in [0.4, 0.5) is 34.1 Å². The molecule has 0 fully saturated rings. The molecular weight excluding hydrogens is 1350 g/mol. The lowest BCUT2D eigenvalue weighted by Gasteiger charge is -2.46. The molecule has 112 heavy (non-hydrogen) atoms. The van der Waals surface area contributed by atoms with Gasteiger partial charge >= 0.3 is 0 Å². The van der Waals surface area contributed by atoms with Gasteiger partial charge in [0.2, 0.25) is 0 Å². The Morgan fingerprint density at radius 1 is 0.259 bits per heavy atom. The van der Waals surface area contributed by atoms with Gasteiger partial charge in [-0.05, 0) is 206 Å². The Balaban J connectivity index is 1.10. The van der Waals surface area contributed by atoms with Gasteiger partial charge in [0.15, 0.2) is 0 Å². The van der Waals surface area contributed by atoms with Gasteiger partial charge in [0, 0.05) is 61.5 Å². The fraction of sp³-hybridized carbons (Fsp3) is 0.189. The van der Waals surface area contributed by atoms with Gasteiger partial charge in [-0.25, -0.2) is 0 Å². The van der Waals surface area contributed by atoms with Gasteiger partial charge in [-0.2, -0.15) is 10.5 Å². The molecule has 17 rings (SSSR count). The zero-order valence-electron chi connectivity index (χ0n) is 67.1. The van der Waals surface area contributed by atoms with Crippen molar-refractivity contribution in [1.29, 1.82) is 10.5 Å². The fourth-order valence-electron chi connectivity index (χ4n) is 17.2. The summed E-state index contributed by atoms with van der Waals surface area (Å²) >= 11 is 0. The highest BCUT2D eigenvalue weighted by Gasteiger charge is 2.47. The topological polar surface area (TPSA) is 59.0 Å². The normalized spacial score (nSPS) is 12.9. The van der Waals surface area contributed by atoms with Crippen LogP contribution in [0.1, 0.15) is 143 Å². The zero-order valence-corrected chi connectivity index (χ0v) is 67.1. The third-order valence-corrected chi connectivity index (χ3v) is 23.4. The van der Waals surface area contributed by atoms with Crippen LogP contribution in [-0.4, -0.2) is 11.3 Å². The minimum Gasteiger partial charge on any atom is -0.310 e. The van der Waals surface area contributed by atoms with E-state index in [9.17, 15) is 10.5 Å². The molecule has 0 N–H and O–H groups in total. The summed E-state index contributed by atoms with van der Waals surface area (Å²) in [5.74, 6) is 0. The van der Waals surface area contributed by atoms with Gasteiger partial charge in [0.1, 0.15) is 0 Å². The Morgan fingerprint density at radius 3 is 0.991 bits per heavy atom. The highest BCUT2D eigenvalue weighted by atomic mass is 15.2. The smallest absolute Gasteiger partial charge is 0.252 e. The molecule has 0 atom stereocenters. The molecule has 15 aromatic rings. The van der Waals surface area contributed by atoms with E-state index in [0.29, 0.717) is 11.1 Å². The van der Waals surface area contributed by atoms with Crippen molar-refractivity contribution in [3.63, 3.8) is 0 Å². The second kappa shape index (κ2) is 27.2. The molecule has 0 unspecified atom stereocenters. The molecule has 5 nitrogen and oxygen atoms in total. The Kier molecular flexibility index (Phi) is 17.6. The van der Waals surface area contributed by atoms with E-state index in [4.69, 9.17) is 0 Å². The van der Waals surface area contributed by atoms with Crippen LogP contribution in [0.15, 0.2) is 297 Å². The maximum Gasteiger partial charge on any atom is 0.252 e. The number of fused-ring (bicyclic) bond motifs is 7. The van der Waals surface area contributed by atoms with Crippen molar-refractivity contribution in [2.75, 3.05) is 9.80 Å². The maximum atomic E-state index is 11.2. The highest BCUT2D eigenvalue weighted by molar-refractivity contribution is 7.00. The van der Waals surface area contributed by atoms with Crippen molar-refractivity contribution >= 4 is 79.0 Å². The van der Waals surface area contributed by atoms with Gasteiger partial charge in [0.25, 0.3) is 6.71 Å². The number of aromatic nitrogens is 1. The van der Waals surface area contributed by atoms with E-state index in [2.05, 4.69) is 403 Å². The summed E-state index contributed by atoms with van der Waals surface area (Å²) in [7, 11) is 0. The van der Waals surface area contributed by atoms with Gasteiger partial charge < -0.3 is 14.4 Å². The summed E-state index contributed by atoms with van der Waals surface area (Å²) in [5.41, 5.74) is 33.5. The predicted molar refractivity (Wildman–Crippen MR) is 476 cm³/mol. The number of anilines is 6. The van der Waals surface area contributed by atoms with Gasteiger partial charge in [-0.15, -0.1) is 0 Å². The average Bonchev–Trinajstić information content (AvgIpc) is 0.733. The van der Waals surface area contributed by atoms with Crippen LogP contribution in [0.25, 0.3) is 105 Å². The second-order valence-corrected chi connectivity index (χ2v) is 36.0. The SMILES string of the molecule is CC(C)(C)c1cc(-c2cc(-c3ccccc3C#N)cc(-c3ccccc3)c2N2c3cc(-c4ccccc4)ccc3B3c4ccc(-n5c6ccccc6c6ccccc65)cc4N(c4c(-c5ccccc5)cc(-c5ccccc5C#N)cc4-c4cc(C(C)(C)C)cc(C(C)(C)C)c4)c4cc(C(C)(C)C)cc2c43)cc(C(C)(C)C)c1. The first kappa shape index (κ1) is 72.4. The molecular formula is C106H94BN5. The minimum atomic E-state index is -0.424. The molecule has 0 amide bonds. The van der Waals surface area contributed by atoms with Gasteiger partial charge in [0.05, 0.1) is 45.7 Å².